The monoisotopic (exact) mass is 459 g/mol. The van der Waals surface area contributed by atoms with Crippen molar-refractivity contribution in [3.05, 3.63) is 69.9 Å². The highest BCUT2D eigenvalue weighted by atomic mass is 32.1. The average molecular weight is 459 g/mol. The molecular formula is C21H16F3N5O2S. The van der Waals surface area contributed by atoms with E-state index in [9.17, 15) is 22.8 Å². The van der Waals surface area contributed by atoms with Crippen molar-refractivity contribution in [2.45, 2.75) is 20.0 Å². The second-order valence-corrected chi connectivity index (χ2v) is 8.22. The number of aryl methyl sites for hydroxylation is 1. The number of thiophene rings is 1. The normalized spacial score (nSPS) is 11.7. The molecule has 3 N–H and O–H groups in total. The molecule has 0 atom stereocenters. The highest BCUT2D eigenvalue weighted by Gasteiger charge is 2.35. The molecule has 3 heterocycles. The smallest absolute Gasteiger partial charge is 0.365 e. The lowest BCUT2D eigenvalue weighted by Crippen LogP contribution is -2.18. The number of nitrogens with two attached hydrogens (primary N) is 1. The molecule has 0 saturated carbocycles. The number of halogens is 3. The summed E-state index contributed by atoms with van der Waals surface area (Å²) >= 11 is 1.14. The lowest BCUT2D eigenvalue weighted by Gasteiger charge is -2.10. The first kappa shape index (κ1) is 21.5. The maximum absolute atomic E-state index is 13.7. The van der Waals surface area contributed by atoms with Gasteiger partial charge in [0.05, 0.1) is 11.3 Å². The Labute approximate surface area is 183 Å². The van der Waals surface area contributed by atoms with Gasteiger partial charge in [-0.3, -0.25) is 9.59 Å². The molecule has 0 saturated heterocycles. The number of carbonyl (C=O) groups is 2. The van der Waals surface area contributed by atoms with Crippen molar-refractivity contribution < 1.29 is 22.8 Å². The van der Waals surface area contributed by atoms with Crippen LogP contribution in [0.3, 0.4) is 0 Å². The summed E-state index contributed by atoms with van der Waals surface area (Å²) < 4.78 is 41.7. The number of nitrogens with zero attached hydrogens (tertiary/aromatic N) is 3. The molecule has 0 fully saturated rings. The molecule has 0 spiro atoms. The number of primary amides is 1. The molecule has 1 aromatic carbocycles. The lowest BCUT2D eigenvalue weighted by molar-refractivity contribution is -0.142. The van der Waals surface area contributed by atoms with E-state index in [-0.39, 0.29) is 27.6 Å². The summed E-state index contributed by atoms with van der Waals surface area (Å²) in [5, 5.41) is 6.57. The number of rotatable bonds is 4. The Morgan fingerprint density at radius 3 is 2.44 bits per heavy atom. The van der Waals surface area contributed by atoms with E-state index in [1.165, 1.54) is 0 Å². The fraction of sp³-hybridized carbons (Fsp3) is 0.143. The van der Waals surface area contributed by atoms with Crippen LogP contribution in [0.1, 0.15) is 37.0 Å². The van der Waals surface area contributed by atoms with Crippen LogP contribution in [0.4, 0.5) is 18.2 Å². The first-order chi connectivity index (χ1) is 15.1. The molecule has 164 valence electrons. The lowest BCUT2D eigenvalue weighted by atomic mass is 10.1. The fourth-order valence-electron chi connectivity index (χ4n) is 3.22. The number of hydrogen-bond donors (Lipinski definition) is 2. The van der Waals surface area contributed by atoms with Crippen LogP contribution in [0.25, 0.3) is 16.9 Å². The van der Waals surface area contributed by atoms with Gasteiger partial charge in [0, 0.05) is 16.5 Å². The van der Waals surface area contributed by atoms with Crippen molar-refractivity contribution in [2.24, 2.45) is 5.73 Å². The fourth-order valence-corrected chi connectivity index (χ4v) is 4.28. The number of carbonyl (C=O) groups excluding carboxylic acids is 2. The van der Waals surface area contributed by atoms with Crippen LogP contribution in [0, 0.1) is 13.8 Å². The van der Waals surface area contributed by atoms with E-state index in [2.05, 4.69) is 15.4 Å². The summed E-state index contributed by atoms with van der Waals surface area (Å²) in [5.74, 6) is -1.50. The molecule has 3 aromatic heterocycles. The first-order valence-electron chi connectivity index (χ1n) is 9.31. The Morgan fingerprint density at radius 1 is 1.12 bits per heavy atom. The largest absolute Gasteiger partial charge is 0.433 e. The van der Waals surface area contributed by atoms with Crippen LogP contribution in [0.15, 0.2) is 42.5 Å². The van der Waals surface area contributed by atoms with Crippen molar-refractivity contribution in [2.75, 3.05) is 5.32 Å². The summed E-state index contributed by atoms with van der Waals surface area (Å²) in [6.07, 6.45) is -4.73. The quantitative estimate of drug-likeness (QED) is 0.471. The second kappa shape index (κ2) is 7.75. The van der Waals surface area contributed by atoms with Crippen LogP contribution in [-0.4, -0.2) is 26.4 Å². The van der Waals surface area contributed by atoms with Crippen LogP contribution in [0.5, 0.6) is 0 Å². The minimum Gasteiger partial charge on any atom is -0.365 e. The molecule has 0 radical (unpaired) electrons. The number of nitrogens with one attached hydrogen (secondary N) is 1. The standard InChI is InChI=1S/C21H16F3N5O2S/c1-10-11(2)32-20(17(10)18(25)30)27-19(31)14-9-16-26-13(12-6-4-3-5-7-12)8-15(21(22,23)24)29(16)28-14/h3-9H,1-2H3,(H2,25,30)(H,27,31). The molecule has 4 rings (SSSR count). The number of alkyl halides is 3. The van der Waals surface area contributed by atoms with Gasteiger partial charge in [-0.05, 0) is 25.5 Å². The zero-order valence-corrected chi connectivity index (χ0v) is 17.6. The molecule has 32 heavy (non-hydrogen) atoms. The molecule has 0 aliphatic rings. The Hall–Kier alpha value is -3.73. The Balaban J connectivity index is 1.79. The first-order valence-corrected chi connectivity index (χ1v) is 10.1. The van der Waals surface area contributed by atoms with Gasteiger partial charge in [0.25, 0.3) is 11.8 Å². The third-order valence-corrected chi connectivity index (χ3v) is 6.00. The highest BCUT2D eigenvalue weighted by molar-refractivity contribution is 7.16. The van der Waals surface area contributed by atoms with Gasteiger partial charge in [0.1, 0.15) is 5.00 Å². The van der Waals surface area contributed by atoms with Gasteiger partial charge in [-0.25, -0.2) is 9.50 Å². The van der Waals surface area contributed by atoms with Gasteiger partial charge in [0.15, 0.2) is 17.0 Å². The molecule has 0 aliphatic carbocycles. The molecule has 7 nitrogen and oxygen atoms in total. The predicted molar refractivity (Wildman–Crippen MR) is 114 cm³/mol. The summed E-state index contributed by atoms with van der Waals surface area (Å²) in [6, 6.07) is 10.4. The molecule has 2 amide bonds. The van der Waals surface area contributed by atoms with Gasteiger partial charge in [-0.2, -0.15) is 18.3 Å². The van der Waals surface area contributed by atoms with E-state index >= 15 is 0 Å². The van der Waals surface area contributed by atoms with Crippen LogP contribution in [-0.2, 0) is 6.18 Å². The maximum atomic E-state index is 13.7. The second-order valence-electron chi connectivity index (χ2n) is 7.00. The zero-order valence-electron chi connectivity index (χ0n) is 16.8. The molecule has 0 bridgehead atoms. The zero-order chi connectivity index (χ0) is 23.2. The third kappa shape index (κ3) is 3.82. The molecule has 11 heteroatoms. The van der Waals surface area contributed by atoms with Crippen molar-refractivity contribution in [3.63, 3.8) is 0 Å². The SMILES string of the molecule is Cc1sc(NC(=O)c2cc3nc(-c4ccccc4)cc(C(F)(F)F)n3n2)c(C(N)=O)c1C. The maximum Gasteiger partial charge on any atom is 0.433 e. The summed E-state index contributed by atoms with van der Waals surface area (Å²) in [5.41, 5.74) is 5.28. The Morgan fingerprint density at radius 2 is 1.81 bits per heavy atom. The van der Waals surface area contributed by atoms with E-state index in [0.29, 0.717) is 15.6 Å². The minimum atomic E-state index is -4.73. The van der Waals surface area contributed by atoms with Crippen molar-refractivity contribution in [3.8, 4) is 11.3 Å². The van der Waals surface area contributed by atoms with Gasteiger partial charge in [0.2, 0.25) is 0 Å². The van der Waals surface area contributed by atoms with Gasteiger partial charge in [-0.15, -0.1) is 11.3 Å². The van der Waals surface area contributed by atoms with E-state index in [4.69, 9.17) is 5.73 Å². The van der Waals surface area contributed by atoms with Crippen molar-refractivity contribution in [1.29, 1.82) is 0 Å². The predicted octanol–water partition coefficient (Wildman–Crippen LogP) is 4.44. The highest BCUT2D eigenvalue weighted by Crippen LogP contribution is 2.34. The Kier molecular flexibility index (Phi) is 5.21. The van der Waals surface area contributed by atoms with Gasteiger partial charge in [-0.1, -0.05) is 30.3 Å². The number of anilines is 1. The number of hydrogen-bond acceptors (Lipinski definition) is 5. The van der Waals surface area contributed by atoms with Crippen LogP contribution >= 0.6 is 11.3 Å². The minimum absolute atomic E-state index is 0.0952. The van der Waals surface area contributed by atoms with Crippen LogP contribution in [0.2, 0.25) is 0 Å². The topological polar surface area (TPSA) is 102 Å². The number of amides is 2. The van der Waals surface area contributed by atoms with E-state index in [0.717, 1.165) is 28.3 Å². The van der Waals surface area contributed by atoms with Crippen molar-refractivity contribution in [1.82, 2.24) is 14.6 Å². The number of fused-ring (bicyclic) bond motifs is 1. The van der Waals surface area contributed by atoms with Gasteiger partial charge < -0.3 is 11.1 Å². The molecular weight excluding hydrogens is 443 g/mol. The average Bonchev–Trinajstić information content (AvgIpc) is 3.28. The molecule has 0 aliphatic heterocycles. The summed E-state index contributed by atoms with van der Waals surface area (Å²) in [7, 11) is 0. The van der Waals surface area contributed by atoms with Crippen molar-refractivity contribution >= 4 is 33.8 Å². The number of aromatic nitrogens is 3. The van der Waals surface area contributed by atoms with E-state index in [1.54, 1.807) is 44.2 Å². The molecule has 0 unspecified atom stereocenters. The summed E-state index contributed by atoms with van der Waals surface area (Å²) in [6.45, 7) is 3.45. The van der Waals surface area contributed by atoms with Crippen LogP contribution < -0.4 is 11.1 Å². The third-order valence-electron chi connectivity index (χ3n) is 4.88. The molecule has 4 aromatic rings. The van der Waals surface area contributed by atoms with Gasteiger partial charge >= 0.3 is 6.18 Å². The summed E-state index contributed by atoms with van der Waals surface area (Å²) in [4.78, 5) is 29.5. The Bertz CT molecular complexity index is 1360. The number of benzene rings is 1. The van der Waals surface area contributed by atoms with E-state index in [1.807, 2.05) is 0 Å². The van der Waals surface area contributed by atoms with E-state index < -0.39 is 23.7 Å².